The molecule has 0 bridgehead atoms. The summed E-state index contributed by atoms with van der Waals surface area (Å²) in [7, 11) is 2.86. The number of aromatic hydroxyl groups is 1. The Kier molecular flexibility index (Phi) is 10.9. The average molecular weight is 632 g/mol. The van der Waals surface area contributed by atoms with Crippen LogP contribution in [-0.4, -0.2) is 88.3 Å². The first-order chi connectivity index (χ1) is 21.0. The van der Waals surface area contributed by atoms with Gasteiger partial charge in [-0.1, -0.05) is 0 Å². The molecule has 1 saturated carbocycles. The number of rotatable bonds is 9. The summed E-state index contributed by atoms with van der Waals surface area (Å²) in [6.07, 6.45) is 0.567. The number of methoxy groups -OCH3 is 1. The zero-order chi connectivity index (χ0) is 33.7. The smallest absolute Gasteiger partial charge is 0.429 e. The number of carbonyl (C=O) groups is 4. The van der Waals surface area contributed by atoms with Gasteiger partial charge in [0.2, 0.25) is 0 Å². The molecule has 0 saturated heterocycles. The highest BCUT2D eigenvalue weighted by Crippen LogP contribution is 2.38. The molecular weight excluding hydrogens is 586 g/mol. The van der Waals surface area contributed by atoms with E-state index in [-0.39, 0.29) is 41.4 Å². The van der Waals surface area contributed by atoms with Gasteiger partial charge in [0.1, 0.15) is 34.8 Å². The number of benzene rings is 1. The van der Waals surface area contributed by atoms with Crippen molar-refractivity contribution in [2.45, 2.75) is 90.9 Å². The molecule has 0 radical (unpaired) electrons. The number of hydrazine groups is 1. The average Bonchev–Trinajstić information content (AvgIpc) is 3.58. The maximum absolute atomic E-state index is 12.9. The van der Waals surface area contributed by atoms with Gasteiger partial charge in [0, 0.05) is 37.7 Å². The maximum atomic E-state index is 12.9. The molecule has 2 aromatic rings. The highest BCUT2D eigenvalue weighted by molar-refractivity contribution is 5.91. The largest absolute Gasteiger partial charge is 0.507 e. The first kappa shape index (κ1) is 35.0. The Hall–Kier alpha value is -4.49. The number of hydrogen-bond donors (Lipinski definition) is 2. The molecule has 3 amide bonds. The highest BCUT2D eigenvalue weighted by atomic mass is 16.6. The van der Waals surface area contributed by atoms with Crippen molar-refractivity contribution in [1.82, 2.24) is 19.8 Å². The predicted molar refractivity (Wildman–Crippen MR) is 165 cm³/mol. The van der Waals surface area contributed by atoms with Gasteiger partial charge >= 0.3 is 12.2 Å². The summed E-state index contributed by atoms with van der Waals surface area (Å²) < 4.78 is 23.5. The van der Waals surface area contributed by atoms with E-state index in [4.69, 9.17) is 24.0 Å². The van der Waals surface area contributed by atoms with Crippen molar-refractivity contribution in [2.24, 2.45) is 0 Å². The van der Waals surface area contributed by atoms with Gasteiger partial charge in [-0.25, -0.2) is 24.3 Å². The molecule has 0 aliphatic heterocycles. The van der Waals surface area contributed by atoms with Crippen LogP contribution in [0.5, 0.6) is 17.2 Å². The van der Waals surface area contributed by atoms with E-state index in [1.807, 2.05) is 20.8 Å². The number of anilines is 1. The van der Waals surface area contributed by atoms with Crippen molar-refractivity contribution in [3.05, 3.63) is 29.5 Å². The van der Waals surface area contributed by atoms with E-state index in [1.165, 1.54) is 31.3 Å². The lowest BCUT2D eigenvalue weighted by Gasteiger charge is -2.32. The maximum Gasteiger partial charge on any atom is 0.429 e. The summed E-state index contributed by atoms with van der Waals surface area (Å²) in [4.78, 5) is 49.9. The van der Waals surface area contributed by atoms with Gasteiger partial charge in [-0.05, 0) is 67.7 Å². The molecule has 0 spiro atoms. The second-order valence-corrected chi connectivity index (χ2v) is 12.8. The first-order valence-corrected chi connectivity index (χ1v) is 14.8. The number of ether oxygens (including phenoxy) is 4. The molecule has 0 unspecified atom stereocenters. The van der Waals surface area contributed by atoms with Crippen LogP contribution in [0.1, 0.15) is 89.7 Å². The van der Waals surface area contributed by atoms with Crippen LogP contribution in [-0.2, 0) is 19.8 Å². The molecule has 248 valence electrons. The summed E-state index contributed by atoms with van der Waals surface area (Å²) in [6.45, 7) is 12.6. The van der Waals surface area contributed by atoms with E-state index < -0.39 is 35.8 Å². The second-order valence-electron chi connectivity index (χ2n) is 12.8. The van der Waals surface area contributed by atoms with Crippen molar-refractivity contribution >= 4 is 30.2 Å². The third kappa shape index (κ3) is 9.02. The lowest BCUT2D eigenvalue weighted by atomic mass is 10.0. The van der Waals surface area contributed by atoms with E-state index in [9.17, 15) is 24.3 Å². The molecule has 1 aliphatic carbocycles. The van der Waals surface area contributed by atoms with Crippen molar-refractivity contribution < 1.29 is 43.2 Å². The SMILES string of the molecule is CCN(C(=O)OC(C)(C)C)N(C)C(=O)O[C@@H]1CC[C@H](c2cc(NC(=O)COc3cc(OC)cc(O)c3C=O)n(C(C)(C)C)n2)C1. The number of aromatic nitrogens is 2. The van der Waals surface area contributed by atoms with Gasteiger partial charge in [0.25, 0.3) is 5.91 Å². The molecule has 1 fully saturated rings. The van der Waals surface area contributed by atoms with Crippen molar-refractivity contribution in [3.8, 4) is 17.2 Å². The van der Waals surface area contributed by atoms with Crippen LogP contribution in [0.4, 0.5) is 15.4 Å². The van der Waals surface area contributed by atoms with Gasteiger partial charge in [-0.2, -0.15) is 5.10 Å². The summed E-state index contributed by atoms with van der Waals surface area (Å²) >= 11 is 0. The van der Waals surface area contributed by atoms with Gasteiger partial charge in [-0.15, -0.1) is 0 Å². The lowest BCUT2D eigenvalue weighted by molar-refractivity contribution is -0.118. The van der Waals surface area contributed by atoms with Crippen LogP contribution < -0.4 is 14.8 Å². The zero-order valence-corrected chi connectivity index (χ0v) is 27.5. The van der Waals surface area contributed by atoms with E-state index in [2.05, 4.69) is 5.32 Å². The van der Waals surface area contributed by atoms with Crippen LogP contribution >= 0.6 is 0 Å². The van der Waals surface area contributed by atoms with Crippen LogP contribution in [0, 0.1) is 0 Å². The van der Waals surface area contributed by atoms with Gasteiger partial charge in [-0.3, -0.25) is 9.59 Å². The van der Waals surface area contributed by atoms with Crippen molar-refractivity contribution in [1.29, 1.82) is 0 Å². The Morgan fingerprint density at radius 3 is 2.38 bits per heavy atom. The number of nitrogens with zero attached hydrogens (tertiary/aromatic N) is 4. The van der Waals surface area contributed by atoms with E-state index in [0.717, 1.165) is 10.7 Å². The standard InChI is InChI=1S/C31H45N5O9/c1-10-35(29(41)45-31(5,6)7)34(8)28(40)44-20-12-11-19(13-20)23-16-26(36(33-23)30(2,3)4)32-27(39)18-43-25-15-21(42-9)14-24(38)22(25)17-37/h14-17,19-20,38H,10-13,18H2,1-9H3,(H,32,39)/t19-,20+/m0/s1. The summed E-state index contributed by atoms with van der Waals surface area (Å²) in [6, 6.07) is 4.48. The summed E-state index contributed by atoms with van der Waals surface area (Å²) in [5.41, 5.74) is -0.558. The third-order valence-corrected chi connectivity index (χ3v) is 7.04. The minimum absolute atomic E-state index is 0.00681. The summed E-state index contributed by atoms with van der Waals surface area (Å²) in [5, 5.41) is 20.0. The van der Waals surface area contributed by atoms with E-state index in [0.29, 0.717) is 31.4 Å². The first-order valence-electron chi connectivity index (χ1n) is 14.8. The van der Waals surface area contributed by atoms with Gasteiger partial charge in [0.15, 0.2) is 12.9 Å². The Balaban J connectivity index is 1.67. The third-order valence-electron chi connectivity index (χ3n) is 7.04. The topological polar surface area (TPSA) is 162 Å². The Morgan fingerprint density at radius 2 is 1.80 bits per heavy atom. The number of aldehydes is 1. The highest BCUT2D eigenvalue weighted by Gasteiger charge is 2.34. The number of phenolic OH excluding ortho intramolecular Hbond substituents is 1. The quantitative estimate of drug-likeness (QED) is 0.283. The van der Waals surface area contributed by atoms with Crippen molar-refractivity contribution in [3.63, 3.8) is 0 Å². The van der Waals surface area contributed by atoms with Crippen LogP contribution in [0.2, 0.25) is 0 Å². The Labute approximate surface area is 263 Å². The molecule has 2 atom stereocenters. The Bertz CT molecular complexity index is 1390. The van der Waals surface area contributed by atoms with Gasteiger partial charge < -0.3 is 29.4 Å². The van der Waals surface area contributed by atoms with Crippen LogP contribution in [0.25, 0.3) is 0 Å². The van der Waals surface area contributed by atoms with E-state index >= 15 is 0 Å². The molecular formula is C31H45N5O9. The second kappa shape index (κ2) is 14.1. The minimum atomic E-state index is -0.713. The lowest BCUT2D eigenvalue weighted by Crippen LogP contribution is -2.49. The number of amides is 3. The zero-order valence-electron chi connectivity index (χ0n) is 27.5. The molecule has 14 nitrogen and oxygen atoms in total. The predicted octanol–water partition coefficient (Wildman–Crippen LogP) is 5.06. The molecule has 1 aromatic carbocycles. The number of carbonyl (C=O) groups excluding carboxylic acids is 4. The fraction of sp³-hybridized carbons (Fsp3) is 0.581. The minimum Gasteiger partial charge on any atom is -0.507 e. The monoisotopic (exact) mass is 631 g/mol. The number of nitrogens with one attached hydrogen (secondary N) is 1. The van der Waals surface area contributed by atoms with E-state index in [1.54, 1.807) is 38.4 Å². The number of hydrogen-bond acceptors (Lipinski definition) is 10. The molecule has 2 N–H and O–H groups in total. The van der Waals surface area contributed by atoms with Gasteiger partial charge in [0.05, 0.1) is 23.9 Å². The summed E-state index contributed by atoms with van der Waals surface area (Å²) in [5.74, 6) is -0.141. The molecule has 1 heterocycles. The Morgan fingerprint density at radius 1 is 1.11 bits per heavy atom. The fourth-order valence-corrected chi connectivity index (χ4v) is 4.88. The van der Waals surface area contributed by atoms with Crippen LogP contribution in [0.15, 0.2) is 18.2 Å². The van der Waals surface area contributed by atoms with Crippen LogP contribution in [0.3, 0.4) is 0 Å². The fourth-order valence-electron chi connectivity index (χ4n) is 4.88. The number of phenols is 1. The molecule has 14 heteroatoms. The normalized spacial score (nSPS) is 16.5. The molecule has 3 rings (SSSR count). The van der Waals surface area contributed by atoms with Crippen molar-refractivity contribution in [2.75, 3.05) is 32.6 Å². The molecule has 45 heavy (non-hydrogen) atoms. The molecule has 1 aliphatic rings. The molecule has 1 aromatic heterocycles.